The standard InChI is InChI=1S/C27H31N5O2S/c1-17-15-20(18(2)31(17)22-11-7-8-12-23(22)34-3)16-21-25(28)32-27(29-26(21)33)35-24(30-32)14-13-19-9-5-4-6-10-19/h7-8,11-12,15-16,19,28H,4-6,9-10,13-14H2,1-3H3. The van der Waals surface area contributed by atoms with Crippen molar-refractivity contribution in [3.05, 3.63) is 52.9 Å². The van der Waals surface area contributed by atoms with Crippen LogP contribution in [0.4, 0.5) is 0 Å². The van der Waals surface area contributed by atoms with Gasteiger partial charge in [0.25, 0.3) is 5.91 Å². The van der Waals surface area contributed by atoms with Gasteiger partial charge in [0.2, 0.25) is 5.17 Å². The van der Waals surface area contributed by atoms with Gasteiger partial charge >= 0.3 is 0 Å². The van der Waals surface area contributed by atoms with Gasteiger partial charge in [-0.1, -0.05) is 44.2 Å². The van der Waals surface area contributed by atoms with E-state index in [1.165, 1.54) is 48.9 Å². The van der Waals surface area contributed by atoms with Crippen LogP contribution in [-0.4, -0.2) is 38.6 Å². The molecule has 0 radical (unpaired) electrons. The molecule has 3 heterocycles. The summed E-state index contributed by atoms with van der Waals surface area (Å²) in [7, 11) is 1.66. The van der Waals surface area contributed by atoms with Gasteiger partial charge in [-0.25, -0.2) is 0 Å². The minimum Gasteiger partial charge on any atom is -0.495 e. The molecule has 5 rings (SSSR count). The third-order valence-corrected chi connectivity index (χ3v) is 8.05. The Labute approximate surface area is 210 Å². The summed E-state index contributed by atoms with van der Waals surface area (Å²) >= 11 is 1.43. The van der Waals surface area contributed by atoms with Gasteiger partial charge in [0.05, 0.1) is 18.4 Å². The number of methoxy groups -OCH3 is 1. The second kappa shape index (κ2) is 9.85. The second-order valence-electron chi connectivity index (χ2n) is 9.39. The van der Waals surface area contributed by atoms with Crippen LogP contribution in [0, 0.1) is 25.2 Å². The van der Waals surface area contributed by atoms with Crippen LogP contribution in [0.15, 0.2) is 46.0 Å². The average molecular weight is 490 g/mol. The van der Waals surface area contributed by atoms with Crippen LogP contribution in [0.1, 0.15) is 61.9 Å². The highest BCUT2D eigenvalue weighted by Gasteiger charge is 2.36. The summed E-state index contributed by atoms with van der Waals surface area (Å²) < 4.78 is 7.65. The highest BCUT2D eigenvalue weighted by Crippen LogP contribution is 2.34. The Morgan fingerprint density at radius 2 is 1.97 bits per heavy atom. The minimum absolute atomic E-state index is 0.0854. The van der Waals surface area contributed by atoms with Gasteiger partial charge < -0.3 is 9.30 Å². The number of aliphatic imine (C=N–C) groups is 1. The first kappa shape index (κ1) is 23.6. The Hall–Kier alpha value is -3.13. The lowest BCUT2D eigenvalue weighted by atomic mass is 9.86. The van der Waals surface area contributed by atoms with E-state index in [-0.39, 0.29) is 17.3 Å². The zero-order chi connectivity index (χ0) is 24.5. The van der Waals surface area contributed by atoms with E-state index in [0.29, 0.717) is 5.17 Å². The van der Waals surface area contributed by atoms with E-state index in [1.807, 2.05) is 44.2 Å². The fraction of sp³-hybridized carbons (Fsp3) is 0.407. The Morgan fingerprint density at radius 1 is 1.20 bits per heavy atom. The molecule has 7 nitrogen and oxygen atoms in total. The van der Waals surface area contributed by atoms with Crippen molar-refractivity contribution in [2.45, 2.75) is 58.8 Å². The molecule has 1 aliphatic carbocycles. The van der Waals surface area contributed by atoms with Gasteiger partial charge in [0.15, 0.2) is 5.84 Å². The van der Waals surface area contributed by atoms with Crippen molar-refractivity contribution >= 4 is 39.8 Å². The maximum absolute atomic E-state index is 12.9. The van der Waals surface area contributed by atoms with Crippen molar-refractivity contribution in [3.8, 4) is 11.4 Å². The fourth-order valence-corrected chi connectivity index (χ4v) is 6.11. The number of carbonyl (C=O) groups excluding carboxylic acids is 1. The van der Waals surface area contributed by atoms with E-state index in [9.17, 15) is 4.79 Å². The molecule has 1 fully saturated rings. The number of benzene rings is 1. The lowest BCUT2D eigenvalue weighted by Gasteiger charge is -2.20. The number of aryl methyl sites for hydroxylation is 1. The number of hydrazone groups is 1. The Morgan fingerprint density at radius 3 is 2.74 bits per heavy atom. The Bertz CT molecular complexity index is 1270. The largest absolute Gasteiger partial charge is 0.495 e. The van der Waals surface area contributed by atoms with E-state index in [1.54, 1.807) is 13.2 Å². The second-order valence-corrected chi connectivity index (χ2v) is 10.4. The topological polar surface area (TPSA) is 83.0 Å². The van der Waals surface area contributed by atoms with E-state index in [2.05, 4.69) is 14.7 Å². The minimum atomic E-state index is -0.389. The molecule has 8 heteroatoms. The van der Waals surface area contributed by atoms with Gasteiger partial charge in [0, 0.05) is 11.4 Å². The van der Waals surface area contributed by atoms with Crippen LogP contribution in [0.3, 0.4) is 0 Å². The number of carbonyl (C=O) groups is 1. The highest BCUT2D eigenvalue weighted by molar-refractivity contribution is 8.26. The normalized spacial score (nSPS) is 19.7. The van der Waals surface area contributed by atoms with Crippen molar-refractivity contribution < 1.29 is 9.53 Å². The van der Waals surface area contributed by atoms with E-state index >= 15 is 0 Å². The lowest BCUT2D eigenvalue weighted by molar-refractivity contribution is -0.114. The molecular formula is C27H31N5O2S. The number of fused-ring (bicyclic) bond motifs is 1. The van der Waals surface area contributed by atoms with Crippen LogP contribution in [0.2, 0.25) is 0 Å². The first-order valence-electron chi connectivity index (χ1n) is 12.3. The van der Waals surface area contributed by atoms with E-state index < -0.39 is 0 Å². The van der Waals surface area contributed by atoms with Crippen molar-refractivity contribution in [1.82, 2.24) is 9.58 Å². The number of ether oxygens (including phenoxy) is 1. The van der Waals surface area contributed by atoms with Crippen LogP contribution in [-0.2, 0) is 4.79 Å². The van der Waals surface area contributed by atoms with Crippen LogP contribution < -0.4 is 4.74 Å². The summed E-state index contributed by atoms with van der Waals surface area (Å²) in [5, 5.41) is 16.4. The molecule has 1 aromatic heterocycles. The SMILES string of the molecule is COc1ccccc1-n1c(C)cc(C=C2C(=N)N3N=C(CCC4CCCCC4)SC3=NC2=O)c1C. The summed E-state index contributed by atoms with van der Waals surface area (Å²) in [6.07, 6.45) is 10.4. The van der Waals surface area contributed by atoms with Crippen LogP contribution in [0.25, 0.3) is 11.8 Å². The predicted octanol–water partition coefficient (Wildman–Crippen LogP) is 6.08. The van der Waals surface area contributed by atoms with E-state index in [0.717, 1.165) is 52.2 Å². The molecule has 1 amide bonds. The summed E-state index contributed by atoms with van der Waals surface area (Å²) in [4.78, 5) is 17.2. The molecule has 0 bridgehead atoms. The number of rotatable bonds is 6. The summed E-state index contributed by atoms with van der Waals surface area (Å²) in [6, 6.07) is 9.87. The van der Waals surface area contributed by atoms with Gasteiger partial charge in [-0.15, -0.1) is 0 Å². The first-order valence-corrected chi connectivity index (χ1v) is 13.1. The van der Waals surface area contributed by atoms with Crippen molar-refractivity contribution in [3.63, 3.8) is 0 Å². The quantitative estimate of drug-likeness (QED) is 0.498. The molecule has 182 valence electrons. The summed E-state index contributed by atoms with van der Waals surface area (Å²) in [5.74, 6) is 1.23. The molecule has 1 N–H and O–H groups in total. The molecule has 1 aromatic carbocycles. The number of para-hydroxylation sites is 2. The third-order valence-electron chi connectivity index (χ3n) is 7.08. The van der Waals surface area contributed by atoms with E-state index in [4.69, 9.17) is 10.1 Å². The maximum atomic E-state index is 12.9. The molecular weight excluding hydrogens is 458 g/mol. The summed E-state index contributed by atoms with van der Waals surface area (Å²) in [5.41, 5.74) is 4.03. The van der Waals surface area contributed by atoms with Crippen molar-refractivity contribution in [2.24, 2.45) is 16.0 Å². The molecule has 35 heavy (non-hydrogen) atoms. The first-order chi connectivity index (χ1) is 17.0. The number of aromatic nitrogens is 1. The molecule has 3 aliphatic rings. The average Bonchev–Trinajstić information content (AvgIpc) is 3.40. The fourth-order valence-electron chi connectivity index (χ4n) is 5.21. The zero-order valence-electron chi connectivity index (χ0n) is 20.5. The number of hydrogen-bond donors (Lipinski definition) is 1. The van der Waals surface area contributed by atoms with Gasteiger partial charge in [-0.3, -0.25) is 10.2 Å². The molecule has 0 unspecified atom stereocenters. The Kier molecular flexibility index (Phi) is 6.65. The summed E-state index contributed by atoms with van der Waals surface area (Å²) in [6.45, 7) is 4.02. The number of nitrogens with one attached hydrogen (secondary N) is 1. The molecule has 2 aromatic rings. The number of amides is 1. The van der Waals surface area contributed by atoms with Crippen molar-refractivity contribution in [1.29, 1.82) is 5.41 Å². The highest BCUT2D eigenvalue weighted by atomic mass is 32.2. The van der Waals surface area contributed by atoms with Crippen LogP contribution >= 0.6 is 11.8 Å². The number of hydrogen-bond acceptors (Lipinski definition) is 5. The predicted molar refractivity (Wildman–Crippen MR) is 143 cm³/mol. The number of thioether (sulfide) groups is 1. The lowest BCUT2D eigenvalue weighted by Crippen LogP contribution is -2.35. The Balaban J connectivity index is 1.39. The van der Waals surface area contributed by atoms with Crippen LogP contribution in [0.5, 0.6) is 5.75 Å². The number of amidine groups is 2. The zero-order valence-corrected chi connectivity index (χ0v) is 21.3. The van der Waals surface area contributed by atoms with Gasteiger partial charge in [-0.05, 0) is 74.2 Å². The van der Waals surface area contributed by atoms with Gasteiger partial charge in [-0.2, -0.15) is 15.1 Å². The number of nitrogens with zero attached hydrogens (tertiary/aromatic N) is 4. The molecule has 0 saturated heterocycles. The molecule has 0 spiro atoms. The van der Waals surface area contributed by atoms with Crippen molar-refractivity contribution in [2.75, 3.05) is 7.11 Å². The molecule has 0 atom stereocenters. The molecule has 2 aliphatic heterocycles. The maximum Gasteiger partial charge on any atom is 0.283 e. The molecule has 1 saturated carbocycles. The third kappa shape index (κ3) is 4.59. The van der Waals surface area contributed by atoms with Gasteiger partial charge in [0.1, 0.15) is 10.8 Å². The monoisotopic (exact) mass is 489 g/mol. The smallest absolute Gasteiger partial charge is 0.283 e.